The zero-order valence-corrected chi connectivity index (χ0v) is 8.42. The molecule has 3 nitrogen and oxygen atoms in total. The second-order valence-corrected chi connectivity index (χ2v) is 4.20. The predicted molar refractivity (Wildman–Crippen MR) is 49.7 cm³/mol. The second kappa shape index (κ2) is 3.66. The van der Waals surface area contributed by atoms with Crippen molar-refractivity contribution in [3.8, 4) is 0 Å². The van der Waals surface area contributed by atoms with E-state index in [2.05, 4.69) is 17.1 Å². The zero-order chi connectivity index (χ0) is 9.26. The summed E-state index contributed by atoms with van der Waals surface area (Å²) in [5.74, 6) is 2.02. The molecule has 4 heteroatoms. The summed E-state index contributed by atoms with van der Waals surface area (Å²) in [6.07, 6.45) is 4.91. The van der Waals surface area contributed by atoms with Gasteiger partial charge in [-0.1, -0.05) is 24.9 Å². The molecule has 2 unspecified atom stereocenters. The van der Waals surface area contributed by atoms with Crippen LogP contribution in [0.2, 0.25) is 5.35 Å². The average molecular weight is 201 g/mol. The fraction of sp³-hybridized carbons (Fsp3) is 0.778. The van der Waals surface area contributed by atoms with Crippen LogP contribution < -0.4 is 0 Å². The van der Waals surface area contributed by atoms with E-state index in [1.807, 2.05) is 0 Å². The molecule has 1 heterocycles. The minimum absolute atomic E-state index is 0.160. The van der Waals surface area contributed by atoms with E-state index in [4.69, 9.17) is 16.1 Å². The van der Waals surface area contributed by atoms with E-state index in [0.29, 0.717) is 5.92 Å². The maximum Gasteiger partial charge on any atom is 0.320 e. The van der Waals surface area contributed by atoms with Crippen LogP contribution >= 0.6 is 11.6 Å². The lowest BCUT2D eigenvalue weighted by atomic mass is 9.82. The van der Waals surface area contributed by atoms with Gasteiger partial charge in [0, 0.05) is 5.92 Å². The van der Waals surface area contributed by atoms with Gasteiger partial charge in [-0.3, -0.25) is 0 Å². The Balaban J connectivity index is 2.08. The van der Waals surface area contributed by atoms with Crippen LogP contribution in [0.1, 0.15) is 44.3 Å². The maximum absolute atomic E-state index is 5.58. The van der Waals surface area contributed by atoms with E-state index in [1.54, 1.807) is 0 Å². The van der Waals surface area contributed by atoms with Gasteiger partial charge in [0.15, 0.2) is 5.82 Å². The van der Waals surface area contributed by atoms with Crippen molar-refractivity contribution in [1.82, 2.24) is 10.1 Å². The minimum Gasteiger partial charge on any atom is -0.321 e. The Kier molecular flexibility index (Phi) is 2.54. The molecule has 1 fully saturated rings. The van der Waals surface area contributed by atoms with Crippen molar-refractivity contribution in [2.24, 2.45) is 5.92 Å². The Hall–Kier alpha value is -0.570. The van der Waals surface area contributed by atoms with Crippen LogP contribution in [0.3, 0.4) is 0 Å². The molecule has 0 aromatic carbocycles. The smallest absolute Gasteiger partial charge is 0.320 e. The number of nitrogens with zero attached hydrogens (tertiary/aromatic N) is 2. The van der Waals surface area contributed by atoms with E-state index in [1.165, 1.54) is 19.3 Å². The summed E-state index contributed by atoms with van der Waals surface area (Å²) in [7, 11) is 0. The lowest BCUT2D eigenvalue weighted by molar-refractivity contribution is 0.323. The van der Waals surface area contributed by atoms with Gasteiger partial charge < -0.3 is 4.52 Å². The standard InChI is InChI=1S/C9H13ClN2O/c1-6-3-2-4-7(5-6)8-11-9(10)13-12-8/h6-7H,2-5H2,1H3. The fourth-order valence-electron chi connectivity index (χ4n) is 2.05. The van der Waals surface area contributed by atoms with Gasteiger partial charge in [0.1, 0.15) is 0 Å². The van der Waals surface area contributed by atoms with E-state index < -0.39 is 0 Å². The first-order valence-electron chi connectivity index (χ1n) is 4.75. The summed E-state index contributed by atoms with van der Waals surface area (Å²) in [5, 5.41) is 4.02. The van der Waals surface area contributed by atoms with E-state index in [-0.39, 0.29) is 5.35 Å². The first kappa shape index (κ1) is 9.00. The van der Waals surface area contributed by atoms with Gasteiger partial charge in [-0.2, -0.15) is 4.98 Å². The number of halogens is 1. The maximum atomic E-state index is 5.58. The Morgan fingerprint density at radius 1 is 1.46 bits per heavy atom. The molecule has 2 atom stereocenters. The normalized spacial score (nSPS) is 29.1. The predicted octanol–water partition coefficient (Wildman–Crippen LogP) is 3.02. The topological polar surface area (TPSA) is 38.9 Å². The average Bonchev–Trinajstić information content (AvgIpc) is 2.52. The van der Waals surface area contributed by atoms with Gasteiger partial charge in [-0.15, -0.1) is 0 Å². The van der Waals surface area contributed by atoms with Crippen LogP contribution in [0.4, 0.5) is 0 Å². The van der Waals surface area contributed by atoms with Crippen molar-refractivity contribution in [2.75, 3.05) is 0 Å². The molecule has 0 spiro atoms. The second-order valence-electron chi connectivity index (χ2n) is 3.87. The quantitative estimate of drug-likeness (QED) is 0.700. The molecule has 1 aromatic rings. The summed E-state index contributed by atoms with van der Waals surface area (Å²) in [5.41, 5.74) is 0. The Morgan fingerprint density at radius 2 is 2.31 bits per heavy atom. The number of hydrogen-bond acceptors (Lipinski definition) is 3. The molecule has 0 N–H and O–H groups in total. The van der Waals surface area contributed by atoms with Gasteiger partial charge in [-0.05, 0) is 30.4 Å². The Morgan fingerprint density at radius 3 is 2.92 bits per heavy atom. The van der Waals surface area contributed by atoms with E-state index >= 15 is 0 Å². The molecule has 0 saturated heterocycles. The van der Waals surface area contributed by atoms with Gasteiger partial charge in [-0.25, -0.2) is 0 Å². The molecule has 0 bridgehead atoms. The van der Waals surface area contributed by atoms with Gasteiger partial charge in [0.25, 0.3) is 0 Å². The molecular weight excluding hydrogens is 188 g/mol. The molecular formula is C9H13ClN2O. The van der Waals surface area contributed by atoms with Crippen molar-refractivity contribution in [2.45, 2.75) is 38.5 Å². The Labute approximate surface area is 82.5 Å². The molecule has 0 aliphatic heterocycles. The van der Waals surface area contributed by atoms with Crippen LogP contribution in [-0.4, -0.2) is 10.1 Å². The third-order valence-electron chi connectivity index (χ3n) is 2.72. The molecule has 1 aliphatic carbocycles. The summed E-state index contributed by atoms with van der Waals surface area (Å²) in [4.78, 5) is 4.06. The Bertz CT molecular complexity index is 287. The third-order valence-corrected chi connectivity index (χ3v) is 2.87. The highest BCUT2D eigenvalue weighted by molar-refractivity contribution is 6.27. The first-order valence-corrected chi connectivity index (χ1v) is 5.12. The fourth-order valence-corrected chi connectivity index (χ4v) is 2.17. The summed E-state index contributed by atoms with van der Waals surface area (Å²) < 4.78 is 4.76. The highest BCUT2D eigenvalue weighted by Gasteiger charge is 2.24. The van der Waals surface area contributed by atoms with Crippen LogP contribution in [0, 0.1) is 5.92 Å². The van der Waals surface area contributed by atoms with Gasteiger partial charge in [0.05, 0.1) is 0 Å². The van der Waals surface area contributed by atoms with Crippen molar-refractivity contribution < 1.29 is 4.52 Å². The minimum atomic E-state index is 0.160. The SMILES string of the molecule is CC1CCCC(c2noc(Cl)n2)C1. The van der Waals surface area contributed by atoms with Crippen LogP contribution in [-0.2, 0) is 0 Å². The molecule has 1 aromatic heterocycles. The molecule has 1 aliphatic rings. The van der Waals surface area contributed by atoms with E-state index in [9.17, 15) is 0 Å². The largest absolute Gasteiger partial charge is 0.321 e. The van der Waals surface area contributed by atoms with Gasteiger partial charge in [0.2, 0.25) is 0 Å². The van der Waals surface area contributed by atoms with Crippen molar-refractivity contribution in [1.29, 1.82) is 0 Å². The lowest BCUT2D eigenvalue weighted by Gasteiger charge is -2.23. The molecule has 0 radical (unpaired) electrons. The lowest BCUT2D eigenvalue weighted by Crippen LogP contribution is -2.12. The van der Waals surface area contributed by atoms with Crippen LogP contribution in [0.5, 0.6) is 0 Å². The molecule has 2 rings (SSSR count). The van der Waals surface area contributed by atoms with Crippen molar-refractivity contribution in [3.63, 3.8) is 0 Å². The summed E-state index contributed by atoms with van der Waals surface area (Å²) in [6.45, 7) is 2.27. The number of hydrogen-bond donors (Lipinski definition) is 0. The zero-order valence-electron chi connectivity index (χ0n) is 7.66. The van der Waals surface area contributed by atoms with Crippen molar-refractivity contribution >= 4 is 11.6 Å². The highest BCUT2D eigenvalue weighted by Crippen LogP contribution is 2.34. The van der Waals surface area contributed by atoms with E-state index in [0.717, 1.165) is 18.2 Å². The molecule has 13 heavy (non-hydrogen) atoms. The highest BCUT2D eigenvalue weighted by atomic mass is 35.5. The molecule has 1 saturated carbocycles. The van der Waals surface area contributed by atoms with Gasteiger partial charge >= 0.3 is 5.35 Å². The summed E-state index contributed by atoms with van der Waals surface area (Å²) >= 11 is 5.58. The monoisotopic (exact) mass is 200 g/mol. The molecule has 72 valence electrons. The first-order chi connectivity index (χ1) is 6.25. The molecule has 0 amide bonds. The number of rotatable bonds is 1. The van der Waals surface area contributed by atoms with Crippen molar-refractivity contribution in [3.05, 3.63) is 11.2 Å². The van der Waals surface area contributed by atoms with Crippen LogP contribution in [0.15, 0.2) is 4.52 Å². The summed E-state index contributed by atoms with van der Waals surface area (Å²) in [6, 6.07) is 0. The number of aromatic nitrogens is 2. The third kappa shape index (κ3) is 2.02. The van der Waals surface area contributed by atoms with Crippen LogP contribution in [0.25, 0.3) is 0 Å².